The van der Waals surface area contributed by atoms with Crippen LogP contribution in [0.1, 0.15) is 34.7 Å². The van der Waals surface area contributed by atoms with Crippen molar-refractivity contribution in [2.24, 2.45) is 0 Å². The van der Waals surface area contributed by atoms with E-state index in [1.807, 2.05) is 32.9 Å². The fraction of sp³-hybridized carbons (Fsp3) is 0.391. The van der Waals surface area contributed by atoms with Crippen LogP contribution >= 0.6 is 0 Å². The Morgan fingerprint density at radius 1 is 1.07 bits per heavy atom. The molecule has 0 bridgehead atoms. The molecule has 6 heteroatoms. The van der Waals surface area contributed by atoms with E-state index in [9.17, 15) is 14.7 Å². The minimum atomic E-state index is -0.788. The highest BCUT2D eigenvalue weighted by Gasteiger charge is 2.28. The van der Waals surface area contributed by atoms with Gasteiger partial charge in [0.2, 0.25) is 0 Å². The Morgan fingerprint density at radius 2 is 1.66 bits per heavy atom. The molecule has 0 saturated heterocycles. The summed E-state index contributed by atoms with van der Waals surface area (Å²) in [5.74, 6) is -0.772. The van der Waals surface area contributed by atoms with Crippen molar-refractivity contribution in [1.82, 2.24) is 5.06 Å². The number of aromatic hydroxyl groups is 1. The molecule has 0 spiro atoms. The predicted octanol–water partition coefficient (Wildman–Crippen LogP) is 3.42. The van der Waals surface area contributed by atoms with E-state index >= 15 is 0 Å². The molecule has 1 N–H and O–H groups in total. The van der Waals surface area contributed by atoms with Gasteiger partial charge in [-0.2, -0.15) is 0 Å². The second kappa shape index (κ2) is 10.1. The normalized spacial score (nSPS) is 11.9. The lowest BCUT2D eigenvalue weighted by atomic mass is 9.97. The Balaban J connectivity index is 2.11. The zero-order valence-electron chi connectivity index (χ0n) is 17.7. The fourth-order valence-electron chi connectivity index (χ4n) is 3.34. The van der Waals surface area contributed by atoms with Gasteiger partial charge in [-0.15, -0.1) is 5.06 Å². The van der Waals surface area contributed by atoms with E-state index in [1.54, 1.807) is 38.2 Å². The molecule has 29 heavy (non-hydrogen) atoms. The Hall–Kier alpha value is -2.86. The van der Waals surface area contributed by atoms with Crippen molar-refractivity contribution in [3.8, 4) is 5.75 Å². The molecule has 156 valence electrons. The first-order valence-corrected chi connectivity index (χ1v) is 9.66. The fourth-order valence-corrected chi connectivity index (χ4v) is 3.34. The molecule has 1 atom stereocenters. The Labute approximate surface area is 172 Å². The molecule has 0 radical (unpaired) electrons. The molecular formula is C23H29NO5. The predicted molar refractivity (Wildman–Crippen MR) is 110 cm³/mol. The van der Waals surface area contributed by atoms with Gasteiger partial charge in [-0.05, 0) is 62.1 Å². The molecule has 2 aromatic carbocycles. The van der Waals surface area contributed by atoms with Gasteiger partial charge in [0.1, 0.15) is 11.8 Å². The monoisotopic (exact) mass is 399 g/mol. The Morgan fingerprint density at radius 3 is 2.21 bits per heavy atom. The number of likely N-dealkylation sites (N-methyl/N-ethyl adjacent to an activating group) is 1. The van der Waals surface area contributed by atoms with Crippen molar-refractivity contribution in [2.75, 3.05) is 13.7 Å². The highest BCUT2D eigenvalue weighted by Crippen LogP contribution is 2.19. The number of esters is 1. The highest BCUT2D eigenvalue weighted by molar-refractivity contribution is 5.77. The third kappa shape index (κ3) is 6.32. The summed E-state index contributed by atoms with van der Waals surface area (Å²) in [4.78, 5) is 30.4. The Bertz CT molecular complexity index is 837. The summed E-state index contributed by atoms with van der Waals surface area (Å²) in [7, 11) is 1.55. The number of benzene rings is 2. The lowest BCUT2D eigenvalue weighted by Gasteiger charge is -2.25. The van der Waals surface area contributed by atoms with Gasteiger partial charge < -0.3 is 14.7 Å². The number of phenols is 1. The molecule has 0 amide bonds. The van der Waals surface area contributed by atoms with Crippen LogP contribution < -0.4 is 0 Å². The third-order valence-corrected chi connectivity index (χ3v) is 4.77. The van der Waals surface area contributed by atoms with Gasteiger partial charge in [0.15, 0.2) is 0 Å². The van der Waals surface area contributed by atoms with Gasteiger partial charge in [0.05, 0.1) is 13.0 Å². The van der Waals surface area contributed by atoms with Crippen LogP contribution in [0, 0.1) is 20.8 Å². The quantitative estimate of drug-likeness (QED) is 0.541. The number of nitrogens with zero attached hydrogens (tertiary/aromatic N) is 1. The summed E-state index contributed by atoms with van der Waals surface area (Å²) in [5, 5.41) is 10.7. The smallest absolute Gasteiger partial charge is 0.329 e. The van der Waals surface area contributed by atoms with E-state index in [4.69, 9.17) is 9.57 Å². The minimum Gasteiger partial charge on any atom is -0.508 e. The van der Waals surface area contributed by atoms with E-state index in [1.165, 1.54) is 5.06 Å². The molecular weight excluding hydrogens is 370 g/mol. The zero-order valence-corrected chi connectivity index (χ0v) is 17.7. The maximum atomic E-state index is 12.5. The molecule has 0 aliphatic carbocycles. The summed E-state index contributed by atoms with van der Waals surface area (Å²) in [5.41, 5.74) is 4.96. The number of aryl methyl sites for hydroxylation is 3. The average Bonchev–Trinajstić information content (AvgIpc) is 2.64. The molecule has 2 aromatic rings. The van der Waals surface area contributed by atoms with Crippen molar-refractivity contribution < 1.29 is 24.3 Å². The van der Waals surface area contributed by atoms with Gasteiger partial charge in [-0.1, -0.05) is 29.8 Å². The first kappa shape index (κ1) is 22.4. The van der Waals surface area contributed by atoms with E-state index in [2.05, 4.69) is 0 Å². The lowest BCUT2D eigenvalue weighted by molar-refractivity contribution is -0.200. The SMILES string of the molecule is CCOC(=O)[C@H](Cc1ccc(O)cc1)N(C)OC(=O)Cc1c(C)cc(C)cc1C. The number of phenolic OH excluding ortho intramolecular Hbond substituents is 1. The van der Waals surface area contributed by atoms with Gasteiger partial charge in [-0.25, -0.2) is 4.79 Å². The van der Waals surface area contributed by atoms with Crippen LogP contribution in [-0.4, -0.2) is 41.8 Å². The molecule has 0 aliphatic heterocycles. The second-order valence-electron chi connectivity index (χ2n) is 7.20. The third-order valence-electron chi connectivity index (χ3n) is 4.77. The van der Waals surface area contributed by atoms with Gasteiger partial charge in [0, 0.05) is 13.5 Å². The molecule has 2 rings (SSSR count). The van der Waals surface area contributed by atoms with Crippen molar-refractivity contribution in [3.05, 3.63) is 64.2 Å². The summed E-state index contributed by atoms with van der Waals surface area (Å²) < 4.78 is 5.15. The van der Waals surface area contributed by atoms with Crippen LogP contribution in [0.4, 0.5) is 0 Å². The van der Waals surface area contributed by atoms with Crippen LogP contribution in [0.25, 0.3) is 0 Å². The maximum Gasteiger partial charge on any atom is 0.329 e. The summed E-state index contributed by atoms with van der Waals surface area (Å²) >= 11 is 0. The summed E-state index contributed by atoms with van der Waals surface area (Å²) in [6, 6.07) is 9.81. The molecule has 0 aliphatic rings. The number of ether oxygens (including phenoxy) is 1. The summed E-state index contributed by atoms with van der Waals surface area (Å²) in [6.07, 6.45) is 0.405. The Kier molecular flexibility index (Phi) is 7.79. The number of carbonyl (C=O) groups is 2. The maximum absolute atomic E-state index is 12.5. The highest BCUT2D eigenvalue weighted by atomic mass is 16.7. The van der Waals surface area contributed by atoms with Gasteiger partial charge >= 0.3 is 11.9 Å². The number of rotatable bonds is 8. The molecule has 0 unspecified atom stereocenters. The summed E-state index contributed by atoms with van der Waals surface area (Å²) in [6.45, 7) is 7.92. The topological polar surface area (TPSA) is 76.1 Å². The van der Waals surface area contributed by atoms with Crippen LogP contribution in [0.5, 0.6) is 5.75 Å². The van der Waals surface area contributed by atoms with E-state index < -0.39 is 18.0 Å². The number of hydroxylamine groups is 2. The first-order chi connectivity index (χ1) is 13.7. The molecule has 0 aromatic heterocycles. The van der Waals surface area contributed by atoms with Crippen molar-refractivity contribution >= 4 is 11.9 Å². The molecule has 0 fully saturated rings. The number of hydrogen-bond donors (Lipinski definition) is 1. The molecule has 0 heterocycles. The average molecular weight is 399 g/mol. The largest absolute Gasteiger partial charge is 0.508 e. The number of carbonyl (C=O) groups excluding carboxylic acids is 2. The van der Waals surface area contributed by atoms with E-state index in [0.717, 1.165) is 27.8 Å². The van der Waals surface area contributed by atoms with E-state index in [-0.39, 0.29) is 25.2 Å². The minimum absolute atomic E-state index is 0.122. The van der Waals surface area contributed by atoms with Crippen molar-refractivity contribution in [2.45, 2.75) is 46.6 Å². The van der Waals surface area contributed by atoms with Crippen LogP contribution in [0.2, 0.25) is 0 Å². The van der Waals surface area contributed by atoms with Gasteiger partial charge in [-0.3, -0.25) is 4.79 Å². The standard InChI is InChI=1S/C23H29NO5/c1-6-28-23(27)21(13-18-7-9-19(25)10-8-18)24(5)29-22(26)14-20-16(3)11-15(2)12-17(20)4/h7-12,21,25H,6,13-14H2,1-5H3/t21-/m0/s1. The van der Waals surface area contributed by atoms with Gasteiger partial charge in [0.25, 0.3) is 0 Å². The zero-order chi connectivity index (χ0) is 21.6. The molecule has 6 nitrogen and oxygen atoms in total. The van der Waals surface area contributed by atoms with Crippen LogP contribution in [0.15, 0.2) is 36.4 Å². The van der Waals surface area contributed by atoms with Crippen molar-refractivity contribution in [1.29, 1.82) is 0 Å². The second-order valence-corrected chi connectivity index (χ2v) is 7.20. The van der Waals surface area contributed by atoms with Crippen LogP contribution in [-0.2, 0) is 32.0 Å². The van der Waals surface area contributed by atoms with Crippen molar-refractivity contribution in [3.63, 3.8) is 0 Å². The van der Waals surface area contributed by atoms with Crippen LogP contribution in [0.3, 0.4) is 0 Å². The van der Waals surface area contributed by atoms with E-state index in [0.29, 0.717) is 0 Å². The molecule has 0 saturated carbocycles. The number of hydrogen-bond acceptors (Lipinski definition) is 6. The first-order valence-electron chi connectivity index (χ1n) is 9.66. The lowest BCUT2D eigenvalue weighted by Crippen LogP contribution is -2.42.